The van der Waals surface area contributed by atoms with E-state index >= 15 is 0 Å². The molecule has 0 radical (unpaired) electrons. The van der Waals surface area contributed by atoms with Gasteiger partial charge in [0.15, 0.2) is 8.32 Å². The van der Waals surface area contributed by atoms with Gasteiger partial charge >= 0.3 is 7.12 Å². The van der Waals surface area contributed by atoms with Crippen LogP contribution in [0, 0.1) is 5.41 Å². The summed E-state index contributed by atoms with van der Waals surface area (Å²) in [7, 11) is -2.12. The van der Waals surface area contributed by atoms with Gasteiger partial charge in [-0.15, -0.1) is 0 Å². The lowest BCUT2D eigenvalue weighted by Gasteiger charge is -2.39. The first-order valence-corrected chi connectivity index (χ1v) is 12.9. The molecule has 2 rings (SSSR count). The molecule has 1 aromatic rings. The zero-order valence-electron chi connectivity index (χ0n) is 19.3. The van der Waals surface area contributed by atoms with Crippen molar-refractivity contribution in [1.29, 1.82) is 0 Å². The van der Waals surface area contributed by atoms with E-state index in [9.17, 15) is 0 Å². The summed E-state index contributed by atoms with van der Waals surface area (Å²) in [6.45, 7) is 25.7. The quantitative estimate of drug-likeness (QED) is 0.678. The molecule has 0 N–H and O–H groups in total. The van der Waals surface area contributed by atoms with Crippen LogP contribution in [0.15, 0.2) is 12.4 Å². The van der Waals surface area contributed by atoms with E-state index in [1.54, 1.807) is 0 Å². The van der Waals surface area contributed by atoms with Crippen LogP contribution in [0.1, 0.15) is 62.3 Å². The molecule has 1 fully saturated rings. The van der Waals surface area contributed by atoms with Gasteiger partial charge in [-0.2, -0.15) is 5.10 Å². The molecule has 2 heterocycles. The van der Waals surface area contributed by atoms with Crippen molar-refractivity contribution in [3.8, 4) is 0 Å². The van der Waals surface area contributed by atoms with Gasteiger partial charge in [-0.1, -0.05) is 34.6 Å². The van der Waals surface area contributed by atoms with Gasteiger partial charge in [-0.25, -0.2) is 0 Å². The minimum absolute atomic E-state index is 0.00522. The summed E-state index contributed by atoms with van der Waals surface area (Å²) < 4.78 is 20.7. The predicted octanol–water partition coefficient (Wildman–Crippen LogP) is 4.23. The standard InChI is InChI=1S/C20H39BN2O3Si/c1-17(2,3)27(10,11)24-15-18(4,5)14-23-13-16(12-22-23)21-25-19(6,7)20(8,9)26-21/h12-13H,14-15H2,1-11H3. The van der Waals surface area contributed by atoms with E-state index in [0.29, 0.717) is 0 Å². The third kappa shape index (κ3) is 5.05. The van der Waals surface area contributed by atoms with E-state index < -0.39 is 8.32 Å². The van der Waals surface area contributed by atoms with Crippen LogP contribution in [-0.4, -0.2) is 43.0 Å². The minimum Gasteiger partial charge on any atom is -0.416 e. The van der Waals surface area contributed by atoms with Crippen LogP contribution in [0.4, 0.5) is 0 Å². The maximum atomic E-state index is 6.44. The normalized spacial score (nSPS) is 20.3. The molecular weight excluding hydrogens is 355 g/mol. The fourth-order valence-electron chi connectivity index (χ4n) is 2.64. The summed E-state index contributed by atoms with van der Waals surface area (Å²) in [6, 6.07) is 0. The van der Waals surface area contributed by atoms with Crippen molar-refractivity contribution in [3.05, 3.63) is 12.4 Å². The molecule has 0 atom stereocenters. The summed E-state index contributed by atoms with van der Waals surface area (Å²) in [5.41, 5.74) is 0.288. The lowest BCUT2D eigenvalue weighted by atomic mass is 9.82. The van der Waals surface area contributed by atoms with E-state index in [1.807, 2.05) is 17.1 Å². The van der Waals surface area contributed by atoms with Crippen molar-refractivity contribution in [2.24, 2.45) is 5.41 Å². The Labute approximate surface area is 167 Å². The zero-order chi connectivity index (χ0) is 20.9. The van der Waals surface area contributed by atoms with Crippen LogP contribution < -0.4 is 5.46 Å². The molecule has 0 bridgehead atoms. The monoisotopic (exact) mass is 394 g/mol. The van der Waals surface area contributed by atoms with Crippen molar-refractivity contribution in [1.82, 2.24) is 9.78 Å². The lowest BCUT2D eigenvalue weighted by molar-refractivity contribution is 0.00578. The number of rotatable bonds is 6. The molecule has 0 saturated carbocycles. The van der Waals surface area contributed by atoms with Crippen molar-refractivity contribution < 1.29 is 13.7 Å². The molecule has 27 heavy (non-hydrogen) atoms. The van der Waals surface area contributed by atoms with Gasteiger partial charge in [0.2, 0.25) is 0 Å². The minimum atomic E-state index is -1.75. The number of hydrogen-bond acceptors (Lipinski definition) is 4. The number of nitrogens with zero attached hydrogens (tertiary/aromatic N) is 2. The first-order valence-electron chi connectivity index (χ1n) is 9.98. The summed E-state index contributed by atoms with van der Waals surface area (Å²) in [4.78, 5) is 0. The molecule has 0 amide bonds. The van der Waals surface area contributed by atoms with Crippen LogP contribution in [0.25, 0.3) is 0 Å². The Bertz CT molecular complexity index is 646. The molecule has 7 heteroatoms. The summed E-state index contributed by atoms with van der Waals surface area (Å²) in [5.74, 6) is 0. The summed E-state index contributed by atoms with van der Waals surface area (Å²) in [6.07, 6.45) is 3.89. The fourth-order valence-corrected chi connectivity index (χ4v) is 3.83. The van der Waals surface area contributed by atoms with Gasteiger partial charge in [0.25, 0.3) is 0 Å². The molecule has 1 aliphatic heterocycles. The second-order valence-electron chi connectivity index (χ2n) is 11.3. The lowest BCUT2D eigenvalue weighted by Crippen LogP contribution is -2.43. The molecule has 1 aromatic heterocycles. The average molecular weight is 394 g/mol. The molecule has 5 nitrogen and oxygen atoms in total. The Balaban J connectivity index is 2.01. The largest absolute Gasteiger partial charge is 0.498 e. The maximum Gasteiger partial charge on any atom is 0.498 e. The molecule has 1 saturated heterocycles. The van der Waals surface area contributed by atoms with Gasteiger partial charge in [-0.3, -0.25) is 4.68 Å². The van der Waals surface area contributed by atoms with Crippen molar-refractivity contribution in [3.63, 3.8) is 0 Å². The number of aromatic nitrogens is 2. The smallest absolute Gasteiger partial charge is 0.416 e. The molecule has 0 spiro atoms. The summed E-state index contributed by atoms with van der Waals surface area (Å²) >= 11 is 0. The highest BCUT2D eigenvalue weighted by Crippen LogP contribution is 2.38. The molecule has 0 unspecified atom stereocenters. The first kappa shape index (κ1) is 22.7. The highest BCUT2D eigenvalue weighted by atomic mass is 28.4. The van der Waals surface area contributed by atoms with Crippen LogP contribution in [-0.2, 0) is 20.3 Å². The Morgan fingerprint density at radius 3 is 2.07 bits per heavy atom. The average Bonchev–Trinajstić information content (AvgIpc) is 2.98. The van der Waals surface area contributed by atoms with Crippen LogP contribution >= 0.6 is 0 Å². The third-order valence-electron chi connectivity index (χ3n) is 6.40. The molecular formula is C20H39BN2O3Si. The maximum absolute atomic E-state index is 6.44. The van der Waals surface area contributed by atoms with E-state index in [4.69, 9.17) is 13.7 Å². The van der Waals surface area contributed by atoms with E-state index in [0.717, 1.165) is 18.6 Å². The van der Waals surface area contributed by atoms with Gasteiger partial charge in [-0.05, 0) is 45.8 Å². The molecule has 1 aliphatic rings. The topological polar surface area (TPSA) is 45.5 Å². The van der Waals surface area contributed by atoms with E-state index in [1.165, 1.54) is 0 Å². The Hall–Kier alpha value is -0.628. The Morgan fingerprint density at radius 2 is 1.59 bits per heavy atom. The van der Waals surface area contributed by atoms with Crippen molar-refractivity contribution >= 4 is 20.9 Å². The van der Waals surface area contributed by atoms with Crippen LogP contribution in [0.2, 0.25) is 18.1 Å². The first-order chi connectivity index (χ1) is 12.0. The van der Waals surface area contributed by atoms with E-state index in [2.05, 4.69) is 80.5 Å². The Morgan fingerprint density at radius 1 is 1.07 bits per heavy atom. The van der Waals surface area contributed by atoms with Crippen LogP contribution in [0.3, 0.4) is 0 Å². The zero-order valence-corrected chi connectivity index (χ0v) is 20.3. The Kier molecular flexibility index (Phi) is 5.88. The molecule has 0 aliphatic carbocycles. The highest BCUT2D eigenvalue weighted by Gasteiger charge is 2.52. The summed E-state index contributed by atoms with van der Waals surface area (Å²) in [5, 5.41) is 4.77. The van der Waals surface area contributed by atoms with Crippen LogP contribution in [0.5, 0.6) is 0 Å². The fraction of sp³-hybridized carbons (Fsp3) is 0.850. The third-order valence-corrected chi connectivity index (χ3v) is 10.9. The highest BCUT2D eigenvalue weighted by molar-refractivity contribution is 6.74. The molecule has 154 valence electrons. The molecule has 0 aromatic carbocycles. The van der Waals surface area contributed by atoms with Gasteiger partial charge in [0.1, 0.15) is 0 Å². The number of hydrogen-bond donors (Lipinski definition) is 0. The van der Waals surface area contributed by atoms with Gasteiger partial charge < -0.3 is 13.7 Å². The second-order valence-corrected chi connectivity index (χ2v) is 16.1. The second kappa shape index (κ2) is 7.01. The predicted molar refractivity (Wildman–Crippen MR) is 115 cm³/mol. The van der Waals surface area contributed by atoms with Gasteiger partial charge in [0, 0.05) is 36.4 Å². The van der Waals surface area contributed by atoms with Crippen molar-refractivity contribution in [2.75, 3.05) is 6.61 Å². The van der Waals surface area contributed by atoms with E-state index in [-0.39, 0.29) is 28.8 Å². The van der Waals surface area contributed by atoms with Crippen molar-refractivity contribution in [2.45, 2.75) is 98.2 Å². The van der Waals surface area contributed by atoms with Gasteiger partial charge in [0.05, 0.1) is 11.2 Å². The SMILES string of the molecule is CC(C)(CO[Si](C)(C)C(C)(C)C)Cn1cc(B2OC(C)(C)C(C)(C)O2)cn1.